The van der Waals surface area contributed by atoms with Gasteiger partial charge in [0, 0.05) is 5.39 Å². The Kier molecular flexibility index (Phi) is 5.24. The van der Waals surface area contributed by atoms with Gasteiger partial charge in [0.1, 0.15) is 0 Å². The topological polar surface area (TPSA) is 59.3 Å². The third-order valence-electron chi connectivity index (χ3n) is 3.47. The van der Waals surface area contributed by atoms with Crippen LogP contribution in [0.3, 0.4) is 0 Å². The molecule has 1 aromatic carbocycles. The Morgan fingerprint density at radius 2 is 2.00 bits per heavy atom. The van der Waals surface area contributed by atoms with Crippen molar-refractivity contribution in [2.75, 3.05) is 0 Å². The Hall–Kier alpha value is -2.32. The number of fused-ring (bicyclic) bond motifs is 1. The van der Waals surface area contributed by atoms with Crippen molar-refractivity contribution in [3.8, 4) is 0 Å². The van der Waals surface area contributed by atoms with Gasteiger partial charge in [0.15, 0.2) is 0 Å². The second-order valence-electron chi connectivity index (χ2n) is 5.14. The highest BCUT2D eigenvalue weighted by Gasteiger charge is 2.31. The number of hydrogen-bond acceptors (Lipinski definition) is 3. The molecule has 0 unspecified atom stereocenters. The number of alkyl halides is 3. The van der Waals surface area contributed by atoms with Crippen molar-refractivity contribution < 1.29 is 26.7 Å². The molecule has 0 saturated heterocycles. The Balaban J connectivity index is 2.80. The number of hydrogen-bond donors (Lipinski definition) is 1. The van der Waals surface area contributed by atoms with Crippen LogP contribution in [0.1, 0.15) is 18.2 Å². The minimum atomic E-state index is -4.55. The molecular formula is C17H16F3NO3S. The molecule has 0 fully saturated rings. The van der Waals surface area contributed by atoms with Gasteiger partial charge in [0.25, 0.3) is 10.0 Å². The summed E-state index contributed by atoms with van der Waals surface area (Å²) in [6.45, 7) is 4.44. The van der Waals surface area contributed by atoms with Crippen molar-refractivity contribution in [2.24, 2.45) is 0 Å². The van der Waals surface area contributed by atoms with Gasteiger partial charge in [-0.15, -0.1) is 0 Å². The lowest BCUT2D eigenvalue weighted by Crippen LogP contribution is -2.16. The monoisotopic (exact) mass is 371 g/mol. The first-order chi connectivity index (χ1) is 11.7. The second kappa shape index (κ2) is 6.89. The fraction of sp³-hybridized carbons (Fsp3) is 0.176. The van der Waals surface area contributed by atoms with Gasteiger partial charge in [-0.3, -0.25) is 0 Å². The zero-order chi connectivity index (χ0) is 18.8. The largest absolute Gasteiger partial charge is 0.416 e. The molecule has 0 amide bonds. The highest BCUT2D eigenvalue weighted by atomic mass is 32.2. The Morgan fingerprint density at radius 1 is 1.32 bits per heavy atom. The molecule has 1 N–H and O–H groups in total. The Labute approximate surface area is 143 Å². The number of allylic oxidation sites excluding steroid dienone is 4. The number of halogens is 3. The number of nitrogens with zero attached hydrogens (tertiary/aromatic N) is 1. The Morgan fingerprint density at radius 3 is 2.52 bits per heavy atom. The third kappa shape index (κ3) is 3.54. The highest BCUT2D eigenvalue weighted by molar-refractivity contribution is 7.94. The van der Waals surface area contributed by atoms with Gasteiger partial charge in [-0.1, -0.05) is 18.7 Å². The van der Waals surface area contributed by atoms with E-state index in [4.69, 9.17) is 0 Å². The van der Waals surface area contributed by atoms with Crippen molar-refractivity contribution in [2.45, 2.75) is 19.7 Å². The van der Waals surface area contributed by atoms with E-state index in [1.807, 2.05) is 0 Å². The molecular weight excluding hydrogens is 355 g/mol. The number of aliphatic hydroxyl groups is 1. The fourth-order valence-electron chi connectivity index (χ4n) is 2.43. The van der Waals surface area contributed by atoms with Crippen LogP contribution in [0.5, 0.6) is 0 Å². The fourth-order valence-corrected chi connectivity index (χ4v) is 4.06. The van der Waals surface area contributed by atoms with E-state index >= 15 is 0 Å². The predicted octanol–water partition coefficient (Wildman–Crippen LogP) is 3.98. The zero-order valence-corrected chi connectivity index (χ0v) is 14.1. The molecule has 1 aromatic heterocycles. The number of rotatable bonds is 5. The van der Waals surface area contributed by atoms with Crippen LogP contribution in [0.2, 0.25) is 0 Å². The maximum atomic E-state index is 12.9. The standard InChI is InChI=1S/C17H16F3NO3S/c1-3-5-15(6-4-2)25(23,24)21-14(11-22)10-12-9-13(17(18,19)20)7-8-16(12)21/h3-10,22H,1,11H2,2H3/b6-4-,15-5+. The maximum Gasteiger partial charge on any atom is 0.416 e. The maximum absolute atomic E-state index is 12.9. The van der Waals surface area contributed by atoms with E-state index < -0.39 is 28.4 Å². The summed E-state index contributed by atoms with van der Waals surface area (Å²) in [5, 5.41) is 9.56. The first kappa shape index (κ1) is 19.0. The lowest BCUT2D eigenvalue weighted by Gasteiger charge is -2.12. The van der Waals surface area contributed by atoms with E-state index in [1.54, 1.807) is 6.92 Å². The molecule has 0 aliphatic heterocycles. The molecule has 134 valence electrons. The summed E-state index contributed by atoms with van der Waals surface area (Å²) in [5.41, 5.74) is -0.875. The van der Waals surface area contributed by atoms with Gasteiger partial charge < -0.3 is 5.11 Å². The normalized spacial score (nSPS) is 13.7. The molecule has 0 saturated carbocycles. The summed E-state index contributed by atoms with van der Waals surface area (Å²) in [5.74, 6) is 0. The van der Waals surface area contributed by atoms with Gasteiger partial charge in [0.05, 0.1) is 28.3 Å². The van der Waals surface area contributed by atoms with Crippen LogP contribution in [-0.4, -0.2) is 17.5 Å². The lowest BCUT2D eigenvalue weighted by molar-refractivity contribution is -0.137. The molecule has 0 aliphatic carbocycles. The molecule has 25 heavy (non-hydrogen) atoms. The third-order valence-corrected chi connectivity index (χ3v) is 5.25. The van der Waals surface area contributed by atoms with E-state index in [9.17, 15) is 26.7 Å². The van der Waals surface area contributed by atoms with Crippen LogP contribution in [0.4, 0.5) is 13.2 Å². The molecule has 2 rings (SSSR count). The molecule has 2 aromatic rings. The van der Waals surface area contributed by atoms with E-state index in [-0.39, 0.29) is 21.5 Å². The smallest absolute Gasteiger partial charge is 0.390 e. The summed E-state index contributed by atoms with van der Waals surface area (Å²) in [4.78, 5) is -0.0999. The van der Waals surface area contributed by atoms with Crippen molar-refractivity contribution in [1.82, 2.24) is 3.97 Å². The first-order valence-corrected chi connectivity index (χ1v) is 8.64. The predicted molar refractivity (Wildman–Crippen MR) is 90.3 cm³/mol. The van der Waals surface area contributed by atoms with Crippen molar-refractivity contribution in [3.05, 3.63) is 71.3 Å². The van der Waals surface area contributed by atoms with Gasteiger partial charge in [-0.2, -0.15) is 13.2 Å². The molecule has 4 nitrogen and oxygen atoms in total. The average molecular weight is 371 g/mol. The summed E-state index contributed by atoms with van der Waals surface area (Å²) in [6, 6.07) is 3.97. The molecule has 0 atom stereocenters. The molecule has 0 spiro atoms. The zero-order valence-electron chi connectivity index (χ0n) is 13.3. The molecule has 0 aliphatic rings. The molecule has 0 bridgehead atoms. The summed E-state index contributed by atoms with van der Waals surface area (Å²) >= 11 is 0. The molecule has 0 radical (unpaired) electrons. The lowest BCUT2D eigenvalue weighted by atomic mass is 10.1. The second-order valence-corrected chi connectivity index (χ2v) is 6.93. The SMILES string of the molecule is C=C/C=C(\C=C/C)S(=O)(=O)n1c(CO)cc2cc(C(F)(F)F)ccc21. The Bertz CT molecular complexity index is 967. The average Bonchev–Trinajstić information content (AvgIpc) is 2.92. The molecule has 8 heteroatoms. The van der Waals surface area contributed by atoms with Gasteiger partial charge in [-0.05, 0) is 43.3 Å². The van der Waals surface area contributed by atoms with Crippen LogP contribution in [0.25, 0.3) is 10.9 Å². The van der Waals surface area contributed by atoms with E-state index in [0.29, 0.717) is 0 Å². The number of benzene rings is 1. The number of aliphatic hydroxyl groups excluding tert-OH is 1. The van der Waals surface area contributed by atoms with Gasteiger partial charge in [0.2, 0.25) is 0 Å². The summed E-state index contributed by atoms with van der Waals surface area (Å²) < 4.78 is 65.3. The summed E-state index contributed by atoms with van der Waals surface area (Å²) in [6.07, 6.45) is 0.867. The molecule has 1 heterocycles. The van der Waals surface area contributed by atoms with Crippen molar-refractivity contribution in [1.29, 1.82) is 0 Å². The van der Waals surface area contributed by atoms with Crippen LogP contribution >= 0.6 is 0 Å². The van der Waals surface area contributed by atoms with Crippen molar-refractivity contribution >= 4 is 20.9 Å². The quantitative estimate of drug-likeness (QED) is 0.809. The first-order valence-electron chi connectivity index (χ1n) is 7.20. The van der Waals surface area contributed by atoms with Gasteiger partial charge in [-0.25, -0.2) is 12.4 Å². The van der Waals surface area contributed by atoms with Crippen LogP contribution < -0.4 is 0 Å². The van der Waals surface area contributed by atoms with Crippen LogP contribution in [0, 0.1) is 0 Å². The van der Waals surface area contributed by atoms with Crippen LogP contribution in [0.15, 0.2) is 60.1 Å². The van der Waals surface area contributed by atoms with E-state index in [1.165, 1.54) is 30.4 Å². The van der Waals surface area contributed by atoms with Crippen LogP contribution in [-0.2, 0) is 22.8 Å². The van der Waals surface area contributed by atoms with E-state index in [0.717, 1.165) is 22.2 Å². The number of aromatic nitrogens is 1. The summed E-state index contributed by atoms with van der Waals surface area (Å²) in [7, 11) is -4.12. The van der Waals surface area contributed by atoms with Gasteiger partial charge >= 0.3 is 6.18 Å². The minimum Gasteiger partial charge on any atom is -0.390 e. The van der Waals surface area contributed by atoms with Crippen molar-refractivity contribution in [3.63, 3.8) is 0 Å². The highest BCUT2D eigenvalue weighted by Crippen LogP contribution is 2.33. The minimum absolute atomic E-state index is 0.0335. The van der Waals surface area contributed by atoms with E-state index in [2.05, 4.69) is 6.58 Å².